The lowest BCUT2D eigenvalue weighted by atomic mass is 10.1. The smallest absolute Gasteiger partial charge is 0.0642 e. The molecule has 2 N–H and O–H groups in total. The van der Waals surface area contributed by atoms with Crippen LogP contribution in [0.3, 0.4) is 0 Å². The highest BCUT2D eigenvalue weighted by atomic mass is 35.5. The topological polar surface area (TPSA) is 32.5 Å². The van der Waals surface area contributed by atoms with Gasteiger partial charge in [0.05, 0.1) is 10.7 Å². The second-order valence-corrected chi connectivity index (χ2v) is 5.47. The number of rotatable bonds is 3. The number of likely N-dealkylation sites (N-methyl/N-ethyl adjacent to an activating group) is 1. The van der Waals surface area contributed by atoms with Gasteiger partial charge in [-0.15, -0.1) is 0 Å². The zero-order valence-corrected chi connectivity index (χ0v) is 12.0. The number of piperazine rings is 1. The maximum atomic E-state index is 6.39. The van der Waals surface area contributed by atoms with Gasteiger partial charge < -0.3 is 15.5 Å². The van der Waals surface area contributed by atoms with E-state index in [0.29, 0.717) is 12.6 Å². The Morgan fingerprint density at radius 1 is 1.39 bits per heavy atom. The fraction of sp³-hybridized carbons (Fsp3) is 0.571. The third-order valence-electron chi connectivity index (χ3n) is 3.76. The number of hydrogen-bond donors (Lipinski definition) is 1. The highest BCUT2D eigenvalue weighted by molar-refractivity contribution is 6.33. The Bertz CT molecular complexity index is 408. The molecule has 3 nitrogen and oxygen atoms in total. The van der Waals surface area contributed by atoms with Crippen LogP contribution in [0.2, 0.25) is 5.02 Å². The monoisotopic (exact) mass is 267 g/mol. The first kappa shape index (κ1) is 13.7. The lowest BCUT2D eigenvalue weighted by Gasteiger charge is -2.40. The number of hydrogen-bond acceptors (Lipinski definition) is 3. The van der Waals surface area contributed by atoms with Crippen molar-refractivity contribution in [3.8, 4) is 0 Å². The van der Waals surface area contributed by atoms with Crippen molar-refractivity contribution in [2.24, 2.45) is 5.73 Å². The fourth-order valence-electron chi connectivity index (χ4n) is 2.52. The van der Waals surface area contributed by atoms with Crippen molar-refractivity contribution < 1.29 is 0 Å². The lowest BCUT2D eigenvalue weighted by molar-refractivity contribution is 0.234. The molecule has 1 aliphatic heterocycles. The molecule has 1 heterocycles. The Balaban J connectivity index is 2.26. The summed E-state index contributed by atoms with van der Waals surface area (Å²) >= 11 is 6.39. The molecule has 1 aromatic carbocycles. The first-order valence-electron chi connectivity index (χ1n) is 6.56. The number of halogens is 1. The third-order valence-corrected chi connectivity index (χ3v) is 4.06. The largest absolute Gasteiger partial charge is 0.367 e. The van der Waals surface area contributed by atoms with E-state index in [1.165, 1.54) is 11.3 Å². The molecule has 2 rings (SSSR count). The van der Waals surface area contributed by atoms with Gasteiger partial charge in [0.15, 0.2) is 0 Å². The van der Waals surface area contributed by atoms with E-state index in [9.17, 15) is 0 Å². The average Bonchev–Trinajstić information content (AvgIpc) is 2.34. The van der Waals surface area contributed by atoms with Gasteiger partial charge in [0, 0.05) is 25.7 Å². The van der Waals surface area contributed by atoms with Crippen LogP contribution in [0.4, 0.5) is 5.69 Å². The Morgan fingerprint density at radius 2 is 2.17 bits per heavy atom. The maximum Gasteiger partial charge on any atom is 0.0642 e. The molecule has 1 aromatic rings. The molecule has 0 spiro atoms. The van der Waals surface area contributed by atoms with E-state index in [0.717, 1.165) is 31.1 Å². The number of anilines is 1. The summed E-state index contributed by atoms with van der Waals surface area (Å²) in [4.78, 5) is 4.79. The van der Waals surface area contributed by atoms with Gasteiger partial charge in [0.2, 0.25) is 0 Å². The van der Waals surface area contributed by atoms with Gasteiger partial charge in [-0.2, -0.15) is 0 Å². The van der Waals surface area contributed by atoms with Crippen molar-refractivity contribution >= 4 is 17.3 Å². The zero-order chi connectivity index (χ0) is 13.1. The SMILES string of the molecule is CC1CN(c2c(Cl)cccc2CCN)CCN1C. The molecule has 1 saturated heterocycles. The van der Waals surface area contributed by atoms with Crippen molar-refractivity contribution in [1.29, 1.82) is 0 Å². The summed E-state index contributed by atoms with van der Waals surface area (Å²) in [6, 6.07) is 6.67. The normalized spacial score (nSPS) is 21.3. The van der Waals surface area contributed by atoms with Crippen LogP contribution >= 0.6 is 11.6 Å². The molecule has 0 saturated carbocycles. The van der Waals surface area contributed by atoms with E-state index < -0.39 is 0 Å². The lowest BCUT2D eigenvalue weighted by Crippen LogP contribution is -2.50. The molecule has 1 fully saturated rings. The molecule has 18 heavy (non-hydrogen) atoms. The average molecular weight is 268 g/mol. The van der Waals surface area contributed by atoms with Crippen LogP contribution in [0.5, 0.6) is 0 Å². The maximum absolute atomic E-state index is 6.39. The Labute approximate surface area is 115 Å². The van der Waals surface area contributed by atoms with Gasteiger partial charge in [-0.3, -0.25) is 0 Å². The first-order chi connectivity index (χ1) is 8.63. The Kier molecular flexibility index (Phi) is 4.49. The van der Waals surface area contributed by atoms with Crippen LogP contribution in [0.1, 0.15) is 12.5 Å². The number of nitrogens with zero attached hydrogens (tertiary/aromatic N) is 2. The van der Waals surface area contributed by atoms with Crippen molar-refractivity contribution in [3.63, 3.8) is 0 Å². The predicted octanol–water partition coefficient (Wildman–Crippen LogP) is 1.98. The van der Waals surface area contributed by atoms with Gasteiger partial charge in [-0.1, -0.05) is 23.7 Å². The highest BCUT2D eigenvalue weighted by Gasteiger charge is 2.23. The number of benzene rings is 1. The number of para-hydroxylation sites is 1. The van der Waals surface area contributed by atoms with E-state index >= 15 is 0 Å². The molecule has 1 unspecified atom stereocenters. The predicted molar refractivity (Wildman–Crippen MR) is 78.5 cm³/mol. The van der Waals surface area contributed by atoms with Crippen LogP contribution < -0.4 is 10.6 Å². The van der Waals surface area contributed by atoms with E-state index in [-0.39, 0.29) is 0 Å². The molecule has 0 bridgehead atoms. The second kappa shape index (κ2) is 5.91. The molecule has 0 amide bonds. The Morgan fingerprint density at radius 3 is 2.83 bits per heavy atom. The van der Waals surface area contributed by atoms with E-state index in [4.69, 9.17) is 17.3 Å². The minimum atomic E-state index is 0.556. The quantitative estimate of drug-likeness (QED) is 0.909. The molecule has 0 aliphatic carbocycles. The zero-order valence-electron chi connectivity index (χ0n) is 11.2. The van der Waals surface area contributed by atoms with E-state index in [1.807, 2.05) is 12.1 Å². The van der Waals surface area contributed by atoms with Crippen LogP contribution in [-0.2, 0) is 6.42 Å². The summed E-state index contributed by atoms with van der Waals surface area (Å²) in [6.45, 7) is 6.05. The molecule has 0 radical (unpaired) electrons. The minimum Gasteiger partial charge on any atom is -0.367 e. The molecule has 4 heteroatoms. The minimum absolute atomic E-state index is 0.556. The third kappa shape index (κ3) is 2.79. The van der Waals surface area contributed by atoms with Gasteiger partial charge in [0.25, 0.3) is 0 Å². The standard InChI is InChI=1S/C14H22ClN3/c1-11-10-18(9-8-17(11)2)14-12(6-7-16)4-3-5-13(14)15/h3-5,11H,6-10,16H2,1-2H3. The summed E-state index contributed by atoms with van der Waals surface area (Å²) in [7, 11) is 2.18. The summed E-state index contributed by atoms with van der Waals surface area (Å²) in [5, 5.41) is 0.845. The van der Waals surface area contributed by atoms with E-state index in [1.54, 1.807) is 0 Å². The van der Waals surface area contributed by atoms with Gasteiger partial charge >= 0.3 is 0 Å². The van der Waals surface area contributed by atoms with Crippen LogP contribution in [-0.4, -0.2) is 44.2 Å². The molecule has 0 aromatic heterocycles. The summed E-state index contributed by atoms with van der Waals surface area (Å²) in [6.07, 6.45) is 0.886. The van der Waals surface area contributed by atoms with Crippen molar-refractivity contribution in [1.82, 2.24) is 4.90 Å². The molecular weight excluding hydrogens is 246 g/mol. The van der Waals surface area contributed by atoms with Crippen LogP contribution in [0.15, 0.2) is 18.2 Å². The van der Waals surface area contributed by atoms with Gasteiger partial charge in [-0.05, 0) is 38.6 Å². The van der Waals surface area contributed by atoms with E-state index in [2.05, 4.69) is 29.8 Å². The summed E-state index contributed by atoms with van der Waals surface area (Å²) in [5.41, 5.74) is 8.14. The molecule has 1 aliphatic rings. The van der Waals surface area contributed by atoms with Gasteiger partial charge in [-0.25, -0.2) is 0 Å². The first-order valence-corrected chi connectivity index (χ1v) is 6.94. The molecule has 100 valence electrons. The van der Waals surface area contributed by atoms with Crippen LogP contribution in [0.25, 0.3) is 0 Å². The van der Waals surface area contributed by atoms with Crippen molar-refractivity contribution in [2.75, 3.05) is 38.1 Å². The van der Waals surface area contributed by atoms with Gasteiger partial charge in [0.1, 0.15) is 0 Å². The highest BCUT2D eigenvalue weighted by Crippen LogP contribution is 2.31. The summed E-state index contributed by atoms with van der Waals surface area (Å²) < 4.78 is 0. The van der Waals surface area contributed by atoms with Crippen LogP contribution in [0, 0.1) is 0 Å². The Hall–Kier alpha value is -0.770. The van der Waals surface area contributed by atoms with Crippen molar-refractivity contribution in [3.05, 3.63) is 28.8 Å². The molecule has 1 atom stereocenters. The number of nitrogens with two attached hydrogens (primary N) is 1. The second-order valence-electron chi connectivity index (χ2n) is 5.06. The summed E-state index contributed by atoms with van der Waals surface area (Å²) in [5.74, 6) is 0. The molecular formula is C14H22ClN3. The van der Waals surface area contributed by atoms with Crippen molar-refractivity contribution in [2.45, 2.75) is 19.4 Å². The fourth-order valence-corrected chi connectivity index (χ4v) is 2.84.